The van der Waals surface area contributed by atoms with E-state index in [1.54, 1.807) is 0 Å². The summed E-state index contributed by atoms with van der Waals surface area (Å²) >= 11 is 1.99. The summed E-state index contributed by atoms with van der Waals surface area (Å²) < 4.78 is 0. The first kappa shape index (κ1) is 12.0. The molecule has 1 heterocycles. The maximum absolute atomic E-state index is 6.08. The summed E-state index contributed by atoms with van der Waals surface area (Å²) in [6.07, 6.45) is 1.15. The molecule has 0 saturated carbocycles. The minimum atomic E-state index is 0.398. The third kappa shape index (κ3) is 2.80. The lowest BCUT2D eigenvalue weighted by molar-refractivity contribution is 0.515. The van der Waals surface area contributed by atoms with Crippen LogP contribution in [0, 0.1) is 5.92 Å². The van der Waals surface area contributed by atoms with Crippen LogP contribution in [0.3, 0.4) is 0 Å². The number of hydrogen-bond acceptors (Lipinski definition) is 2. The van der Waals surface area contributed by atoms with Crippen LogP contribution in [0.4, 0.5) is 0 Å². The Kier molecular flexibility index (Phi) is 3.93. The van der Waals surface area contributed by atoms with Crippen molar-refractivity contribution in [2.24, 2.45) is 11.7 Å². The van der Waals surface area contributed by atoms with Crippen LogP contribution in [0.15, 0.2) is 24.3 Å². The lowest BCUT2D eigenvalue weighted by atomic mass is 9.94. The van der Waals surface area contributed by atoms with Gasteiger partial charge in [-0.25, -0.2) is 0 Å². The van der Waals surface area contributed by atoms with Crippen LogP contribution >= 0.6 is 11.8 Å². The van der Waals surface area contributed by atoms with Gasteiger partial charge in [0.1, 0.15) is 0 Å². The summed E-state index contributed by atoms with van der Waals surface area (Å²) in [7, 11) is 0. The van der Waals surface area contributed by atoms with Crippen LogP contribution in [-0.4, -0.2) is 17.5 Å². The van der Waals surface area contributed by atoms with E-state index in [1.807, 2.05) is 11.8 Å². The second-order valence-corrected chi connectivity index (χ2v) is 6.14. The van der Waals surface area contributed by atoms with E-state index >= 15 is 0 Å². The van der Waals surface area contributed by atoms with E-state index in [0.717, 1.165) is 12.2 Å². The van der Waals surface area contributed by atoms with Gasteiger partial charge in [0.2, 0.25) is 0 Å². The molecule has 0 bridgehead atoms. The van der Waals surface area contributed by atoms with Crippen molar-refractivity contribution in [3.63, 3.8) is 0 Å². The first-order valence-electron chi connectivity index (χ1n) is 6.09. The zero-order valence-corrected chi connectivity index (χ0v) is 11.0. The molecule has 1 aliphatic rings. The molecule has 0 aliphatic carbocycles. The Morgan fingerprint density at radius 3 is 2.44 bits per heavy atom. The number of benzene rings is 1. The Morgan fingerprint density at radius 2 is 1.94 bits per heavy atom. The van der Waals surface area contributed by atoms with Crippen molar-refractivity contribution < 1.29 is 0 Å². The van der Waals surface area contributed by atoms with Crippen molar-refractivity contribution in [1.29, 1.82) is 0 Å². The van der Waals surface area contributed by atoms with Crippen LogP contribution < -0.4 is 5.73 Å². The molecule has 2 N–H and O–H groups in total. The van der Waals surface area contributed by atoms with Gasteiger partial charge in [-0.3, -0.25) is 0 Å². The zero-order chi connectivity index (χ0) is 11.5. The molecule has 2 rings (SSSR count). The molecule has 2 atom stereocenters. The molecule has 0 radical (unpaired) electrons. The van der Waals surface area contributed by atoms with Crippen molar-refractivity contribution >= 4 is 11.8 Å². The predicted molar refractivity (Wildman–Crippen MR) is 73.0 cm³/mol. The number of rotatable bonds is 3. The van der Waals surface area contributed by atoms with Crippen LogP contribution in [0.25, 0.3) is 0 Å². The Morgan fingerprint density at radius 1 is 1.25 bits per heavy atom. The monoisotopic (exact) mass is 235 g/mol. The minimum absolute atomic E-state index is 0.398. The summed E-state index contributed by atoms with van der Waals surface area (Å²) in [6, 6.07) is 9.45. The highest BCUT2D eigenvalue weighted by Gasteiger charge is 2.24. The number of thioether (sulfide) groups is 1. The fourth-order valence-corrected chi connectivity index (χ4v) is 3.52. The van der Waals surface area contributed by atoms with Gasteiger partial charge in [0, 0.05) is 11.8 Å². The van der Waals surface area contributed by atoms with Gasteiger partial charge < -0.3 is 5.73 Å². The third-order valence-electron chi connectivity index (χ3n) is 3.39. The third-order valence-corrected chi connectivity index (χ3v) is 4.68. The van der Waals surface area contributed by atoms with Gasteiger partial charge in [0.15, 0.2) is 0 Å². The molecule has 1 saturated heterocycles. The molecule has 1 fully saturated rings. The van der Waals surface area contributed by atoms with E-state index in [4.69, 9.17) is 5.73 Å². The largest absolute Gasteiger partial charge is 0.327 e. The fourth-order valence-electron chi connectivity index (χ4n) is 2.17. The molecular weight excluding hydrogens is 214 g/mol. The highest BCUT2D eigenvalue weighted by molar-refractivity contribution is 7.99. The Balaban J connectivity index is 1.99. The topological polar surface area (TPSA) is 26.0 Å². The molecule has 0 spiro atoms. The van der Waals surface area contributed by atoms with Gasteiger partial charge >= 0.3 is 0 Å². The molecule has 1 aromatic rings. The molecule has 0 amide bonds. The summed E-state index contributed by atoms with van der Waals surface area (Å²) in [5, 5.41) is 0. The van der Waals surface area contributed by atoms with Crippen LogP contribution in [0.1, 0.15) is 30.9 Å². The summed E-state index contributed by atoms with van der Waals surface area (Å²) in [4.78, 5) is 0. The Bertz CT molecular complexity index is 331. The van der Waals surface area contributed by atoms with Crippen molar-refractivity contribution in [3.8, 4) is 0 Å². The first-order valence-corrected chi connectivity index (χ1v) is 7.24. The predicted octanol–water partition coefficient (Wildman–Crippen LogP) is 3.04. The first-order chi connectivity index (χ1) is 7.66. The second kappa shape index (κ2) is 5.24. The van der Waals surface area contributed by atoms with Crippen molar-refractivity contribution in [2.75, 3.05) is 11.5 Å². The number of hydrogen-bond donors (Lipinski definition) is 1. The smallest absolute Gasteiger partial charge is 0.0170 e. The molecule has 1 aromatic carbocycles. The van der Waals surface area contributed by atoms with Gasteiger partial charge in [0.05, 0.1) is 0 Å². The van der Waals surface area contributed by atoms with Crippen molar-refractivity contribution in [2.45, 2.75) is 32.2 Å². The standard InChI is InChI=1S/C14H21NS/c1-10(2)12-5-3-11(4-6-12)7-13-8-16-9-14(13)15/h3-6,10,13-14H,7-9,15H2,1-2H3. The van der Waals surface area contributed by atoms with Gasteiger partial charge in [-0.2, -0.15) is 11.8 Å². The maximum atomic E-state index is 6.08. The van der Waals surface area contributed by atoms with Gasteiger partial charge in [-0.1, -0.05) is 38.1 Å². The van der Waals surface area contributed by atoms with E-state index < -0.39 is 0 Å². The van der Waals surface area contributed by atoms with Gasteiger partial charge in [-0.15, -0.1) is 0 Å². The number of nitrogens with two attached hydrogens (primary N) is 1. The molecule has 0 aromatic heterocycles. The lowest BCUT2D eigenvalue weighted by Crippen LogP contribution is -2.29. The molecule has 2 heteroatoms. The molecule has 1 nitrogen and oxygen atoms in total. The highest BCUT2D eigenvalue weighted by Crippen LogP contribution is 2.26. The van der Waals surface area contributed by atoms with Crippen LogP contribution in [0.2, 0.25) is 0 Å². The Hall–Kier alpha value is -0.470. The minimum Gasteiger partial charge on any atom is -0.327 e. The second-order valence-electron chi connectivity index (χ2n) is 5.06. The van der Waals surface area contributed by atoms with E-state index in [0.29, 0.717) is 17.9 Å². The van der Waals surface area contributed by atoms with Crippen LogP contribution in [-0.2, 0) is 6.42 Å². The highest BCUT2D eigenvalue weighted by atomic mass is 32.2. The van der Waals surface area contributed by atoms with E-state index in [2.05, 4.69) is 38.1 Å². The summed E-state index contributed by atoms with van der Waals surface area (Å²) in [5.41, 5.74) is 8.95. The summed E-state index contributed by atoms with van der Waals surface area (Å²) in [5.74, 6) is 3.66. The van der Waals surface area contributed by atoms with Crippen molar-refractivity contribution in [1.82, 2.24) is 0 Å². The normalized spacial score (nSPS) is 25.2. The van der Waals surface area contributed by atoms with Crippen molar-refractivity contribution in [3.05, 3.63) is 35.4 Å². The lowest BCUT2D eigenvalue weighted by Gasteiger charge is -2.14. The molecule has 1 aliphatic heterocycles. The molecule has 88 valence electrons. The summed E-state index contributed by atoms with van der Waals surface area (Å²) in [6.45, 7) is 4.47. The average molecular weight is 235 g/mol. The Labute approximate surface area is 103 Å². The van der Waals surface area contributed by atoms with Gasteiger partial charge in [-0.05, 0) is 35.1 Å². The quantitative estimate of drug-likeness (QED) is 0.871. The van der Waals surface area contributed by atoms with E-state index in [1.165, 1.54) is 16.9 Å². The molecular formula is C14H21NS. The van der Waals surface area contributed by atoms with E-state index in [9.17, 15) is 0 Å². The van der Waals surface area contributed by atoms with E-state index in [-0.39, 0.29) is 0 Å². The SMILES string of the molecule is CC(C)c1ccc(CC2CSCC2N)cc1. The molecule has 16 heavy (non-hydrogen) atoms. The average Bonchev–Trinajstić information content (AvgIpc) is 2.65. The van der Waals surface area contributed by atoms with Crippen LogP contribution in [0.5, 0.6) is 0 Å². The molecule has 2 unspecified atom stereocenters. The van der Waals surface area contributed by atoms with Gasteiger partial charge in [0.25, 0.3) is 0 Å². The zero-order valence-electron chi connectivity index (χ0n) is 10.1. The maximum Gasteiger partial charge on any atom is 0.0170 e. The fraction of sp³-hybridized carbons (Fsp3) is 0.571.